The van der Waals surface area contributed by atoms with Gasteiger partial charge >= 0.3 is 0 Å². The van der Waals surface area contributed by atoms with Gasteiger partial charge in [0.1, 0.15) is 0 Å². The molecule has 0 amide bonds. The van der Waals surface area contributed by atoms with Crippen molar-refractivity contribution in [2.45, 2.75) is 25.8 Å². The molecule has 3 rings (SSSR count). The molecular weight excluding hydrogens is 280 g/mol. The maximum absolute atomic E-state index is 6.27. The molecule has 1 saturated heterocycles. The highest BCUT2D eigenvalue weighted by molar-refractivity contribution is 6.31. The van der Waals surface area contributed by atoms with Crippen LogP contribution in [-0.4, -0.2) is 13.1 Å². The predicted octanol–water partition coefficient (Wildman–Crippen LogP) is 5.11. The Hall–Kier alpha value is -1.67. The summed E-state index contributed by atoms with van der Waals surface area (Å²) in [5, 5.41) is 4.36. The minimum absolute atomic E-state index is 0.188. The molecule has 0 saturated carbocycles. The summed E-state index contributed by atoms with van der Waals surface area (Å²) in [5.41, 5.74) is 3.58. The van der Waals surface area contributed by atoms with Crippen LogP contribution in [0.2, 0.25) is 5.02 Å². The van der Waals surface area contributed by atoms with Crippen LogP contribution >= 0.6 is 11.6 Å². The minimum atomic E-state index is 0.188. The Labute approximate surface area is 131 Å². The molecule has 2 aromatic rings. The van der Waals surface area contributed by atoms with Crippen LogP contribution in [0.4, 0.5) is 11.4 Å². The van der Waals surface area contributed by atoms with Gasteiger partial charge in [-0.2, -0.15) is 0 Å². The van der Waals surface area contributed by atoms with Gasteiger partial charge < -0.3 is 10.2 Å². The summed E-state index contributed by atoms with van der Waals surface area (Å²) in [5.74, 6) is 0. The first-order chi connectivity index (χ1) is 10.2. The third-order valence-electron chi connectivity index (χ3n) is 4.07. The maximum Gasteiger partial charge on any atom is 0.0500 e. The van der Waals surface area contributed by atoms with Gasteiger partial charge in [0.05, 0.1) is 0 Å². The number of nitrogens with one attached hydrogen (secondary N) is 1. The summed E-state index contributed by atoms with van der Waals surface area (Å²) in [4.78, 5) is 2.45. The number of nitrogens with zero attached hydrogens (tertiary/aromatic N) is 1. The van der Waals surface area contributed by atoms with Crippen molar-refractivity contribution in [3.05, 3.63) is 59.1 Å². The molecule has 1 atom stereocenters. The number of hydrogen-bond donors (Lipinski definition) is 1. The molecule has 2 aromatic carbocycles. The fourth-order valence-electron chi connectivity index (χ4n) is 2.92. The molecule has 1 unspecified atom stereocenters. The topological polar surface area (TPSA) is 15.3 Å². The van der Waals surface area contributed by atoms with Crippen LogP contribution in [0.3, 0.4) is 0 Å². The SMILES string of the molecule is CC(Nc1cccc(N2CCCC2)c1)c1ccccc1Cl. The molecule has 1 fully saturated rings. The Bertz CT molecular complexity index is 606. The molecule has 21 heavy (non-hydrogen) atoms. The zero-order valence-electron chi connectivity index (χ0n) is 12.3. The third-order valence-corrected chi connectivity index (χ3v) is 4.42. The average Bonchev–Trinajstić information content (AvgIpc) is 3.02. The summed E-state index contributed by atoms with van der Waals surface area (Å²) in [6.07, 6.45) is 2.60. The number of hydrogen-bond acceptors (Lipinski definition) is 2. The van der Waals surface area contributed by atoms with Crippen LogP contribution in [0.15, 0.2) is 48.5 Å². The Balaban J connectivity index is 1.75. The van der Waals surface area contributed by atoms with Crippen LogP contribution in [0.25, 0.3) is 0 Å². The van der Waals surface area contributed by atoms with Gasteiger partial charge in [0.25, 0.3) is 0 Å². The molecule has 0 spiro atoms. The molecule has 110 valence electrons. The number of anilines is 2. The molecule has 1 heterocycles. The van der Waals surface area contributed by atoms with Gasteiger partial charge in [0, 0.05) is 35.5 Å². The molecule has 2 nitrogen and oxygen atoms in total. The summed E-state index contributed by atoms with van der Waals surface area (Å²) < 4.78 is 0. The lowest BCUT2D eigenvalue weighted by molar-refractivity contribution is 0.884. The van der Waals surface area contributed by atoms with E-state index in [0.717, 1.165) is 16.3 Å². The first-order valence-electron chi connectivity index (χ1n) is 7.60. The fraction of sp³-hybridized carbons (Fsp3) is 0.333. The van der Waals surface area contributed by atoms with E-state index in [2.05, 4.69) is 47.5 Å². The lowest BCUT2D eigenvalue weighted by Gasteiger charge is -2.21. The van der Waals surface area contributed by atoms with Crippen molar-refractivity contribution in [2.75, 3.05) is 23.3 Å². The molecule has 3 heteroatoms. The van der Waals surface area contributed by atoms with Gasteiger partial charge in [-0.1, -0.05) is 35.9 Å². The van der Waals surface area contributed by atoms with Crippen molar-refractivity contribution in [3.63, 3.8) is 0 Å². The van der Waals surface area contributed by atoms with Crippen molar-refractivity contribution >= 4 is 23.0 Å². The second-order valence-corrected chi connectivity index (χ2v) is 6.04. The van der Waals surface area contributed by atoms with E-state index in [1.54, 1.807) is 0 Å². The van der Waals surface area contributed by atoms with Crippen molar-refractivity contribution in [2.24, 2.45) is 0 Å². The number of benzene rings is 2. The molecule has 1 aliphatic heterocycles. The predicted molar refractivity (Wildman–Crippen MR) is 91.4 cm³/mol. The quantitative estimate of drug-likeness (QED) is 0.843. The van der Waals surface area contributed by atoms with E-state index in [1.807, 2.05) is 18.2 Å². The van der Waals surface area contributed by atoms with Crippen LogP contribution in [0, 0.1) is 0 Å². The van der Waals surface area contributed by atoms with Gasteiger partial charge in [0.15, 0.2) is 0 Å². The van der Waals surface area contributed by atoms with Crippen molar-refractivity contribution in [1.29, 1.82) is 0 Å². The Morgan fingerprint density at radius 1 is 1.05 bits per heavy atom. The number of halogens is 1. The maximum atomic E-state index is 6.27. The van der Waals surface area contributed by atoms with E-state index in [9.17, 15) is 0 Å². The average molecular weight is 301 g/mol. The molecule has 0 bridgehead atoms. The van der Waals surface area contributed by atoms with Gasteiger partial charge in [-0.05, 0) is 49.6 Å². The van der Waals surface area contributed by atoms with Crippen LogP contribution in [-0.2, 0) is 0 Å². The molecule has 1 aliphatic rings. The summed E-state index contributed by atoms with van der Waals surface area (Å²) in [7, 11) is 0. The van der Waals surface area contributed by atoms with Crippen LogP contribution < -0.4 is 10.2 Å². The van der Waals surface area contributed by atoms with Crippen molar-refractivity contribution < 1.29 is 0 Å². The van der Waals surface area contributed by atoms with Crippen molar-refractivity contribution in [1.82, 2.24) is 0 Å². The second-order valence-electron chi connectivity index (χ2n) is 5.63. The number of rotatable bonds is 4. The van der Waals surface area contributed by atoms with E-state index >= 15 is 0 Å². The summed E-state index contributed by atoms with van der Waals surface area (Å²) >= 11 is 6.27. The molecular formula is C18H21ClN2. The fourth-order valence-corrected chi connectivity index (χ4v) is 3.22. The highest BCUT2D eigenvalue weighted by Crippen LogP contribution is 2.28. The lowest BCUT2D eigenvalue weighted by Crippen LogP contribution is -2.17. The highest BCUT2D eigenvalue weighted by atomic mass is 35.5. The first-order valence-corrected chi connectivity index (χ1v) is 7.98. The molecule has 1 N–H and O–H groups in total. The zero-order chi connectivity index (χ0) is 14.7. The van der Waals surface area contributed by atoms with Crippen LogP contribution in [0.5, 0.6) is 0 Å². The third kappa shape index (κ3) is 3.33. The van der Waals surface area contributed by atoms with Gasteiger partial charge in [0.2, 0.25) is 0 Å². The second kappa shape index (κ2) is 6.40. The first kappa shape index (κ1) is 14.3. The van der Waals surface area contributed by atoms with Gasteiger partial charge in [-0.15, -0.1) is 0 Å². The van der Waals surface area contributed by atoms with Gasteiger partial charge in [-0.3, -0.25) is 0 Å². The molecule has 0 radical (unpaired) electrons. The highest BCUT2D eigenvalue weighted by Gasteiger charge is 2.13. The van der Waals surface area contributed by atoms with E-state index < -0.39 is 0 Å². The standard InChI is InChI=1S/C18H21ClN2/c1-14(17-9-2-3-10-18(17)19)20-15-7-6-8-16(13-15)21-11-4-5-12-21/h2-3,6-10,13-14,20H,4-5,11-12H2,1H3. The molecule has 0 aromatic heterocycles. The summed E-state index contributed by atoms with van der Waals surface area (Å²) in [6.45, 7) is 4.48. The van der Waals surface area contributed by atoms with E-state index in [0.29, 0.717) is 0 Å². The Morgan fingerprint density at radius 3 is 2.57 bits per heavy atom. The van der Waals surface area contributed by atoms with Crippen molar-refractivity contribution in [3.8, 4) is 0 Å². The lowest BCUT2D eigenvalue weighted by atomic mass is 10.1. The monoisotopic (exact) mass is 300 g/mol. The minimum Gasteiger partial charge on any atom is -0.378 e. The summed E-state index contributed by atoms with van der Waals surface area (Å²) in [6, 6.07) is 16.9. The Morgan fingerprint density at radius 2 is 1.81 bits per heavy atom. The Kier molecular flexibility index (Phi) is 4.35. The van der Waals surface area contributed by atoms with Gasteiger partial charge in [-0.25, -0.2) is 0 Å². The van der Waals surface area contributed by atoms with Crippen LogP contribution in [0.1, 0.15) is 31.4 Å². The van der Waals surface area contributed by atoms with E-state index in [4.69, 9.17) is 11.6 Å². The smallest absolute Gasteiger partial charge is 0.0500 e. The molecule has 0 aliphatic carbocycles. The largest absolute Gasteiger partial charge is 0.378 e. The zero-order valence-corrected chi connectivity index (χ0v) is 13.1. The van der Waals surface area contributed by atoms with E-state index in [-0.39, 0.29) is 6.04 Å². The van der Waals surface area contributed by atoms with E-state index in [1.165, 1.54) is 31.6 Å². The normalized spacial score (nSPS) is 16.0.